The van der Waals surface area contributed by atoms with Gasteiger partial charge in [-0.25, -0.2) is 13.4 Å². The highest BCUT2D eigenvalue weighted by molar-refractivity contribution is 7.93. The van der Waals surface area contributed by atoms with Crippen LogP contribution in [0.25, 0.3) is 0 Å². The molecule has 1 aromatic heterocycles. The molecule has 1 amide bonds. The van der Waals surface area contributed by atoms with E-state index in [1.54, 1.807) is 5.38 Å². The summed E-state index contributed by atoms with van der Waals surface area (Å²) in [6.07, 6.45) is -3.48. The van der Waals surface area contributed by atoms with Gasteiger partial charge in [-0.1, -0.05) is 0 Å². The van der Waals surface area contributed by atoms with Crippen molar-refractivity contribution in [2.45, 2.75) is 23.6 Å². The number of alkyl halides is 3. The fourth-order valence-corrected chi connectivity index (χ4v) is 4.95. The van der Waals surface area contributed by atoms with Crippen LogP contribution in [0.4, 0.5) is 24.0 Å². The van der Waals surface area contributed by atoms with Gasteiger partial charge in [-0.15, -0.1) is 11.3 Å². The number of hydrogen-bond donors (Lipinski definition) is 1. The zero-order valence-corrected chi connectivity index (χ0v) is 17.9. The van der Waals surface area contributed by atoms with Gasteiger partial charge in [0.05, 0.1) is 10.5 Å². The lowest BCUT2D eigenvalue weighted by molar-refractivity contribution is -0.137. The fraction of sp³-hybridized carbons (Fsp3) is 0.200. The number of halogens is 3. The molecule has 1 unspecified atom stereocenters. The van der Waals surface area contributed by atoms with Crippen molar-refractivity contribution in [1.29, 1.82) is 0 Å². The van der Waals surface area contributed by atoms with Crippen molar-refractivity contribution in [1.82, 2.24) is 4.98 Å². The van der Waals surface area contributed by atoms with Gasteiger partial charge in [0.25, 0.3) is 15.9 Å². The van der Waals surface area contributed by atoms with Gasteiger partial charge >= 0.3 is 6.18 Å². The zero-order valence-electron chi connectivity index (χ0n) is 16.2. The van der Waals surface area contributed by atoms with E-state index in [9.17, 15) is 26.4 Å². The van der Waals surface area contributed by atoms with Gasteiger partial charge < -0.3 is 9.64 Å². The maximum absolute atomic E-state index is 12.7. The molecular weight excluding hydrogens is 467 g/mol. The molecule has 1 atom stereocenters. The van der Waals surface area contributed by atoms with Crippen LogP contribution in [0.5, 0.6) is 5.75 Å². The Kier molecular flexibility index (Phi) is 5.82. The molecule has 1 N–H and O–H groups in total. The van der Waals surface area contributed by atoms with E-state index >= 15 is 0 Å². The first-order chi connectivity index (χ1) is 15.1. The number of aromatic nitrogens is 1. The average Bonchev–Trinajstić information content (AvgIpc) is 3.38. The van der Waals surface area contributed by atoms with Crippen LogP contribution in [-0.4, -0.2) is 32.0 Å². The molecule has 1 aliphatic heterocycles. The highest BCUT2D eigenvalue weighted by atomic mass is 32.2. The summed E-state index contributed by atoms with van der Waals surface area (Å²) in [7, 11) is -3.81. The molecule has 4 rings (SSSR count). The van der Waals surface area contributed by atoms with Crippen molar-refractivity contribution >= 4 is 38.1 Å². The fourth-order valence-electron chi connectivity index (χ4n) is 3.16. The Bertz CT molecular complexity index is 1200. The minimum absolute atomic E-state index is 0.0145. The standard InChI is InChI=1S/C20H16F3N3O4S2/c21-20(22,23)13-1-5-15(6-2-13)30-17-9-11-26(18(17)27)14-3-7-16(8-4-14)32(28,29)25-19-24-10-12-31-19/h1-8,10,12,17H,9,11H2,(H,24,25). The van der Waals surface area contributed by atoms with Gasteiger partial charge in [-0.05, 0) is 48.5 Å². The predicted molar refractivity (Wildman–Crippen MR) is 112 cm³/mol. The van der Waals surface area contributed by atoms with Crippen LogP contribution in [0.3, 0.4) is 0 Å². The topological polar surface area (TPSA) is 88.6 Å². The van der Waals surface area contributed by atoms with E-state index < -0.39 is 27.9 Å². The molecule has 3 aromatic rings. The zero-order chi connectivity index (χ0) is 22.9. The van der Waals surface area contributed by atoms with Crippen LogP contribution in [0, 0.1) is 0 Å². The third-order valence-corrected chi connectivity index (χ3v) is 6.90. The third kappa shape index (κ3) is 4.70. The van der Waals surface area contributed by atoms with Gasteiger partial charge in [0.15, 0.2) is 11.2 Å². The Hall–Kier alpha value is -3.12. The Morgan fingerprint density at radius 1 is 1.09 bits per heavy atom. The lowest BCUT2D eigenvalue weighted by atomic mass is 10.2. The normalized spacial score (nSPS) is 16.9. The molecule has 32 heavy (non-hydrogen) atoms. The molecule has 1 aliphatic rings. The number of rotatable bonds is 6. The summed E-state index contributed by atoms with van der Waals surface area (Å²) in [5.74, 6) is -0.200. The largest absolute Gasteiger partial charge is 0.481 e. The molecule has 168 valence electrons. The highest BCUT2D eigenvalue weighted by Gasteiger charge is 2.35. The van der Waals surface area contributed by atoms with E-state index in [1.807, 2.05) is 0 Å². The molecule has 0 radical (unpaired) electrons. The van der Waals surface area contributed by atoms with Crippen molar-refractivity contribution in [2.24, 2.45) is 0 Å². The quantitative estimate of drug-likeness (QED) is 0.569. The maximum atomic E-state index is 12.7. The van der Waals surface area contributed by atoms with Crippen molar-refractivity contribution < 1.29 is 31.1 Å². The van der Waals surface area contributed by atoms with E-state index in [1.165, 1.54) is 47.5 Å². The number of sulfonamides is 1. The first kappa shape index (κ1) is 22.1. The Labute approximate surface area is 185 Å². The van der Waals surface area contributed by atoms with Gasteiger partial charge in [-0.3, -0.25) is 9.52 Å². The Morgan fingerprint density at radius 2 is 1.78 bits per heavy atom. The van der Waals surface area contributed by atoms with E-state index in [-0.39, 0.29) is 21.7 Å². The van der Waals surface area contributed by atoms with E-state index in [2.05, 4.69) is 9.71 Å². The van der Waals surface area contributed by atoms with E-state index in [4.69, 9.17) is 4.74 Å². The summed E-state index contributed by atoms with van der Waals surface area (Å²) < 4.78 is 70.8. The lowest BCUT2D eigenvalue weighted by Crippen LogP contribution is -2.32. The number of ether oxygens (including phenoxy) is 1. The molecule has 0 saturated carbocycles. The summed E-state index contributed by atoms with van der Waals surface area (Å²) in [5.41, 5.74) is -0.315. The van der Waals surface area contributed by atoms with Crippen molar-refractivity contribution in [3.8, 4) is 5.75 Å². The van der Waals surface area contributed by atoms with Crippen molar-refractivity contribution in [3.05, 3.63) is 65.7 Å². The molecule has 0 aliphatic carbocycles. The molecule has 1 saturated heterocycles. The second kappa shape index (κ2) is 8.43. The maximum Gasteiger partial charge on any atom is 0.416 e. The molecule has 1 fully saturated rings. The second-order valence-electron chi connectivity index (χ2n) is 6.84. The lowest BCUT2D eigenvalue weighted by Gasteiger charge is -2.18. The number of carbonyl (C=O) groups excluding carboxylic acids is 1. The molecular formula is C20H16F3N3O4S2. The number of amides is 1. The van der Waals surface area contributed by atoms with Gasteiger partial charge in [-0.2, -0.15) is 13.2 Å². The van der Waals surface area contributed by atoms with Crippen LogP contribution in [0.1, 0.15) is 12.0 Å². The van der Waals surface area contributed by atoms with Crippen LogP contribution in [0.2, 0.25) is 0 Å². The minimum atomic E-state index is -4.45. The van der Waals surface area contributed by atoms with E-state index in [0.29, 0.717) is 18.7 Å². The third-order valence-electron chi connectivity index (χ3n) is 4.73. The number of benzene rings is 2. The van der Waals surface area contributed by atoms with Crippen LogP contribution in [-0.2, 0) is 21.0 Å². The number of thiazole rings is 1. The summed E-state index contributed by atoms with van der Waals surface area (Å²) in [6, 6.07) is 9.91. The van der Waals surface area contributed by atoms with Crippen LogP contribution in [0.15, 0.2) is 65.0 Å². The van der Waals surface area contributed by atoms with Crippen molar-refractivity contribution in [2.75, 3.05) is 16.2 Å². The summed E-state index contributed by atoms with van der Waals surface area (Å²) >= 11 is 1.15. The smallest absolute Gasteiger partial charge is 0.416 e. The molecule has 2 heterocycles. The van der Waals surface area contributed by atoms with Gasteiger partial charge in [0, 0.05) is 30.2 Å². The number of nitrogens with zero attached hydrogens (tertiary/aromatic N) is 2. The molecule has 7 nitrogen and oxygen atoms in total. The molecule has 2 aromatic carbocycles. The highest BCUT2D eigenvalue weighted by Crippen LogP contribution is 2.31. The van der Waals surface area contributed by atoms with E-state index in [0.717, 1.165) is 23.5 Å². The van der Waals surface area contributed by atoms with Gasteiger partial charge in [0.1, 0.15) is 5.75 Å². The average molecular weight is 483 g/mol. The molecule has 0 bridgehead atoms. The number of anilines is 2. The molecule has 12 heteroatoms. The van der Waals surface area contributed by atoms with Crippen molar-refractivity contribution in [3.63, 3.8) is 0 Å². The van der Waals surface area contributed by atoms with Crippen LogP contribution >= 0.6 is 11.3 Å². The SMILES string of the molecule is O=C1C(Oc2ccc(C(F)(F)F)cc2)CCN1c1ccc(S(=O)(=O)Nc2nccs2)cc1. The Balaban J connectivity index is 1.42. The monoisotopic (exact) mass is 483 g/mol. The minimum Gasteiger partial charge on any atom is -0.481 e. The first-order valence-electron chi connectivity index (χ1n) is 9.31. The van der Waals surface area contributed by atoms with Crippen LogP contribution < -0.4 is 14.4 Å². The second-order valence-corrected chi connectivity index (χ2v) is 9.42. The number of hydrogen-bond acceptors (Lipinski definition) is 6. The summed E-state index contributed by atoms with van der Waals surface area (Å²) in [6.45, 7) is 0.327. The Morgan fingerprint density at radius 3 is 2.38 bits per heavy atom. The predicted octanol–water partition coefficient (Wildman–Crippen LogP) is 4.15. The summed E-state index contributed by atoms with van der Waals surface area (Å²) in [5, 5.41) is 1.88. The summed E-state index contributed by atoms with van der Waals surface area (Å²) in [4.78, 5) is 18.1. The first-order valence-corrected chi connectivity index (χ1v) is 11.7. The molecule has 0 spiro atoms. The number of nitrogens with one attached hydrogen (secondary N) is 1. The van der Waals surface area contributed by atoms with Gasteiger partial charge in [0.2, 0.25) is 0 Å². The number of carbonyl (C=O) groups is 1.